The number of benzene rings is 3. The first kappa shape index (κ1) is 30.0. The van der Waals surface area contributed by atoms with Gasteiger partial charge in [0.1, 0.15) is 6.54 Å². The predicted molar refractivity (Wildman–Crippen MR) is 164 cm³/mol. The molecule has 0 bridgehead atoms. The van der Waals surface area contributed by atoms with E-state index in [4.69, 9.17) is 14.2 Å². The lowest BCUT2D eigenvalue weighted by molar-refractivity contribution is -0.132. The number of amides is 3. The molecule has 0 saturated carbocycles. The molecule has 216 valence electrons. The van der Waals surface area contributed by atoms with Crippen LogP contribution in [0.25, 0.3) is 10.9 Å². The van der Waals surface area contributed by atoms with Gasteiger partial charge in [0.2, 0.25) is 5.91 Å². The molecule has 0 atom stereocenters. The number of H-pyrrole nitrogens is 1. The molecule has 1 aromatic heterocycles. The molecule has 1 heterocycles. The van der Waals surface area contributed by atoms with Gasteiger partial charge in [-0.2, -0.15) is 0 Å². The zero-order chi connectivity index (χ0) is 29.2. The summed E-state index contributed by atoms with van der Waals surface area (Å²) in [4.78, 5) is 33.6. The SMILES string of the molecule is COCCN(CC(=O)N(CCc1c[nH]c2ccccc12)Cc1ccc(OC)c(OC)c1)C(=O)Nc1ccc(Br)cc1. The maximum Gasteiger partial charge on any atom is 0.322 e. The number of halogens is 1. The third-order valence-electron chi connectivity index (χ3n) is 6.77. The zero-order valence-electron chi connectivity index (χ0n) is 23.5. The molecule has 4 aromatic rings. The smallest absolute Gasteiger partial charge is 0.322 e. The van der Waals surface area contributed by atoms with Gasteiger partial charge in [-0.15, -0.1) is 0 Å². The minimum absolute atomic E-state index is 0.104. The zero-order valence-corrected chi connectivity index (χ0v) is 25.1. The van der Waals surface area contributed by atoms with Crippen molar-refractivity contribution in [3.8, 4) is 11.5 Å². The molecule has 41 heavy (non-hydrogen) atoms. The first-order valence-corrected chi connectivity index (χ1v) is 14.0. The van der Waals surface area contributed by atoms with Crippen LogP contribution in [0.2, 0.25) is 0 Å². The lowest BCUT2D eigenvalue weighted by Crippen LogP contribution is -2.46. The quantitative estimate of drug-likeness (QED) is 0.199. The number of hydrogen-bond acceptors (Lipinski definition) is 5. The summed E-state index contributed by atoms with van der Waals surface area (Å²) in [5.74, 6) is 1.02. The van der Waals surface area contributed by atoms with E-state index < -0.39 is 0 Å². The van der Waals surface area contributed by atoms with Gasteiger partial charge in [-0.25, -0.2) is 4.79 Å². The number of nitrogens with zero attached hydrogens (tertiary/aromatic N) is 2. The highest BCUT2D eigenvalue weighted by molar-refractivity contribution is 9.10. The average molecular weight is 624 g/mol. The van der Waals surface area contributed by atoms with Crippen LogP contribution in [0, 0.1) is 0 Å². The molecule has 2 N–H and O–H groups in total. The summed E-state index contributed by atoms with van der Waals surface area (Å²) in [5, 5.41) is 4.01. The number of rotatable bonds is 13. The lowest BCUT2D eigenvalue weighted by Gasteiger charge is -2.28. The molecule has 4 rings (SSSR count). The molecule has 0 saturated heterocycles. The first-order chi connectivity index (χ1) is 19.9. The molecule has 0 fully saturated rings. The number of hydrogen-bond donors (Lipinski definition) is 2. The Balaban J connectivity index is 1.54. The number of methoxy groups -OCH3 is 3. The second-order valence-electron chi connectivity index (χ2n) is 9.47. The maximum absolute atomic E-state index is 13.8. The summed E-state index contributed by atoms with van der Waals surface area (Å²) in [6, 6.07) is 20.6. The Hall–Kier alpha value is -4.02. The molecule has 10 heteroatoms. The Morgan fingerprint density at radius 2 is 1.66 bits per heavy atom. The standard InChI is InChI=1S/C31H35BrN4O5/c1-39-17-16-36(31(38)34-25-11-9-24(32)10-12-25)21-30(37)35(20-22-8-13-28(40-2)29(18-22)41-3)15-14-23-19-33-27-7-5-4-6-26(23)27/h4-13,18-19,33H,14-17,20-21H2,1-3H3,(H,34,38). The Kier molecular flexibility index (Phi) is 10.6. The summed E-state index contributed by atoms with van der Waals surface area (Å²) >= 11 is 3.40. The fourth-order valence-corrected chi connectivity index (χ4v) is 4.80. The van der Waals surface area contributed by atoms with E-state index in [0.717, 1.165) is 26.5 Å². The fourth-order valence-electron chi connectivity index (χ4n) is 4.54. The monoisotopic (exact) mass is 622 g/mol. The largest absolute Gasteiger partial charge is 0.493 e. The molecule has 3 aromatic carbocycles. The Bertz CT molecular complexity index is 1460. The number of aromatic amines is 1. The second kappa shape index (κ2) is 14.6. The fraction of sp³-hybridized carbons (Fsp3) is 0.290. The Morgan fingerprint density at radius 3 is 2.39 bits per heavy atom. The molecule has 9 nitrogen and oxygen atoms in total. The van der Waals surface area contributed by atoms with Crippen LogP contribution >= 0.6 is 15.9 Å². The summed E-state index contributed by atoms with van der Waals surface area (Å²) < 4.78 is 17.0. The molecular weight excluding hydrogens is 588 g/mol. The molecule has 0 aliphatic rings. The molecule has 0 aliphatic carbocycles. The number of carbonyl (C=O) groups is 2. The highest BCUT2D eigenvalue weighted by atomic mass is 79.9. The molecule has 0 spiro atoms. The topological polar surface area (TPSA) is 96.1 Å². The third-order valence-corrected chi connectivity index (χ3v) is 7.30. The highest BCUT2D eigenvalue weighted by Crippen LogP contribution is 2.28. The van der Waals surface area contributed by atoms with Crippen LogP contribution in [-0.4, -0.2) is 74.3 Å². The number of urea groups is 1. The number of nitrogens with one attached hydrogen (secondary N) is 2. The van der Waals surface area contributed by atoms with Crippen LogP contribution in [0.15, 0.2) is 77.4 Å². The van der Waals surface area contributed by atoms with Crippen LogP contribution in [0.1, 0.15) is 11.1 Å². The minimum atomic E-state index is -0.375. The number of carbonyl (C=O) groups excluding carboxylic acids is 2. The van der Waals surface area contributed by atoms with Crippen molar-refractivity contribution in [1.29, 1.82) is 0 Å². The molecule has 3 amide bonds. The van der Waals surface area contributed by atoms with E-state index in [1.165, 1.54) is 4.90 Å². The second-order valence-corrected chi connectivity index (χ2v) is 10.4. The van der Waals surface area contributed by atoms with Crippen molar-refractivity contribution in [2.75, 3.05) is 52.9 Å². The number of ether oxygens (including phenoxy) is 3. The Morgan fingerprint density at radius 1 is 0.902 bits per heavy atom. The van der Waals surface area contributed by atoms with Gasteiger partial charge in [0.15, 0.2) is 11.5 Å². The Labute approximate surface area is 248 Å². The van der Waals surface area contributed by atoms with Crippen LogP contribution < -0.4 is 14.8 Å². The van der Waals surface area contributed by atoms with Gasteiger partial charge in [0, 0.05) is 54.0 Å². The van der Waals surface area contributed by atoms with Crippen molar-refractivity contribution >= 4 is 44.5 Å². The van der Waals surface area contributed by atoms with E-state index in [1.54, 1.807) is 38.4 Å². The highest BCUT2D eigenvalue weighted by Gasteiger charge is 2.23. The number of aromatic nitrogens is 1. The first-order valence-electron chi connectivity index (χ1n) is 13.3. The van der Waals surface area contributed by atoms with E-state index in [9.17, 15) is 9.59 Å². The summed E-state index contributed by atoms with van der Waals surface area (Å²) in [6.45, 7) is 1.26. The average Bonchev–Trinajstić information content (AvgIpc) is 3.41. The molecule has 0 radical (unpaired) electrons. The van der Waals surface area contributed by atoms with Gasteiger partial charge in [-0.1, -0.05) is 40.2 Å². The molecular formula is C31H35BrN4O5. The van der Waals surface area contributed by atoms with Gasteiger partial charge < -0.3 is 34.3 Å². The van der Waals surface area contributed by atoms with Crippen LogP contribution in [0.3, 0.4) is 0 Å². The number of fused-ring (bicyclic) bond motifs is 1. The van der Waals surface area contributed by atoms with Crippen LogP contribution in [0.5, 0.6) is 11.5 Å². The summed E-state index contributed by atoms with van der Waals surface area (Å²) in [7, 11) is 4.74. The van der Waals surface area contributed by atoms with Crippen LogP contribution in [0.4, 0.5) is 10.5 Å². The number of anilines is 1. The van der Waals surface area contributed by atoms with Crippen molar-refractivity contribution in [3.05, 3.63) is 88.5 Å². The van der Waals surface area contributed by atoms with Gasteiger partial charge in [-0.05, 0) is 60.0 Å². The lowest BCUT2D eigenvalue weighted by atomic mass is 10.1. The van der Waals surface area contributed by atoms with E-state index in [2.05, 4.69) is 32.3 Å². The maximum atomic E-state index is 13.8. The predicted octanol–water partition coefficient (Wildman–Crippen LogP) is 5.70. The van der Waals surface area contributed by atoms with Crippen molar-refractivity contribution in [3.63, 3.8) is 0 Å². The van der Waals surface area contributed by atoms with Crippen molar-refractivity contribution in [1.82, 2.24) is 14.8 Å². The van der Waals surface area contributed by atoms with Gasteiger partial charge in [-0.3, -0.25) is 4.79 Å². The normalized spacial score (nSPS) is 10.8. The van der Waals surface area contributed by atoms with E-state index in [1.807, 2.05) is 54.7 Å². The van der Waals surface area contributed by atoms with Crippen molar-refractivity contribution < 1.29 is 23.8 Å². The van der Waals surface area contributed by atoms with Crippen molar-refractivity contribution in [2.24, 2.45) is 0 Å². The van der Waals surface area contributed by atoms with E-state index in [0.29, 0.717) is 43.3 Å². The molecule has 0 aliphatic heterocycles. The molecule has 0 unspecified atom stereocenters. The number of para-hydroxylation sites is 1. The minimum Gasteiger partial charge on any atom is -0.493 e. The van der Waals surface area contributed by atoms with Gasteiger partial charge >= 0.3 is 6.03 Å². The van der Waals surface area contributed by atoms with Crippen molar-refractivity contribution in [2.45, 2.75) is 13.0 Å². The summed E-state index contributed by atoms with van der Waals surface area (Å²) in [6.07, 6.45) is 2.63. The van der Waals surface area contributed by atoms with E-state index >= 15 is 0 Å². The van der Waals surface area contributed by atoms with Gasteiger partial charge in [0.25, 0.3) is 0 Å². The van der Waals surface area contributed by atoms with E-state index in [-0.39, 0.29) is 25.0 Å². The van der Waals surface area contributed by atoms with Gasteiger partial charge in [0.05, 0.1) is 20.8 Å². The van der Waals surface area contributed by atoms with Crippen LogP contribution in [-0.2, 0) is 22.5 Å². The summed E-state index contributed by atoms with van der Waals surface area (Å²) in [5.41, 5.74) is 3.69. The third kappa shape index (κ3) is 8.02.